The van der Waals surface area contributed by atoms with E-state index in [9.17, 15) is 4.79 Å². The van der Waals surface area contributed by atoms with Gasteiger partial charge in [-0.15, -0.1) is 0 Å². The fourth-order valence-corrected chi connectivity index (χ4v) is 4.85. The smallest absolute Gasteiger partial charge is 0.223 e. The van der Waals surface area contributed by atoms with Gasteiger partial charge in [-0.05, 0) is 61.6 Å². The minimum atomic E-state index is 0.0955. The third kappa shape index (κ3) is 4.47. The number of hydrogen-bond donors (Lipinski definition) is 1. The SMILES string of the molecule is Cc1ccc2nc(N3CCC(C(=O)NCCc4ccc(Cl)cc4)CC3)sc2c1. The number of carbonyl (C=O) groups is 1. The molecule has 1 amide bonds. The molecule has 0 aliphatic carbocycles. The summed E-state index contributed by atoms with van der Waals surface area (Å²) in [5, 5.41) is 4.90. The molecule has 0 unspecified atom stereocenters. The molecule has 2 heterocycles. The standard InChI is InChI=1S/C22H24ClN3OS/c1-15-2-7-19-20(14-15)28-22(25-19)26-12-9-17(10-13-26)21(27)24-11-8-16-3-5-18(23)6-4-16/h2-7,14,17H,8-13H2,1H3,(H,24,27). The molecule has 1 saturated heterocycles. The Labute approximate surface area is 174 Å². The highest BCUT2D eigenvalue weighted by Gasteiger charge is 2.26. The molecule has 0 saturated carbocycles. The number of halogens is 1. The van der Waals surface area contributed by atoms with Crippen LogP contribution in [0.25, 0.3) is 10.2 Å². The number of thiazole rings is 1. The summed E-state index contributed by atoms with van der Waals surface area (Å²) in [6.07, 6.45) is 2.58. The van der Waals surface area contributed by atoms with Crippen LogP contribution in [-0.2, 0) is 11.2 Å². The highest BCUT2D eigenvalue weighted by Crippen LogP contribution is 2.32. The van der Waals surface area contributed by atoms with Crippen molar-refractivity contribution in [2.24, 2.45) is 5.92 Å². The Morgan fingerprint density at radius 3 is 2.71 bits per heavy atom. The van der Waals surface area contributed by atoms with Gasteiger partial charge in [-0.2, -0.15) is 0 Å². The fraction of sp³-hybridized carbons (Fsp3) is 0.364. The van der Waals surface area contributed by atoms with Crippen LogP contribution in [0.15, 0.2) is 42.5 Å². The van der Waals surface area contributed by atoms with Gasteiger partial charge in [0.25, 0.3) is 0 Å². The lowest BCUT2D eigenvalue weighted by Crippen LogP contribution is -2.41. The highest BCUT2D eigenvalue weighted by molar-refractivity contribution is 7.22. The van der Waals surface area contributed by atoms with Crippen molar-refractivity contribution >= 4 is 44.2 Å². The second-order valence-corrected chi connectivity index (χ2v) is 8.84. The Balaban J connectivity index is 1.27. The van der Waals surface area contributed by atoms with Gasteiger partial charge < -0.3 is 10.2 Å². The molecule has 0 bridgehead atoms. The van der Waals surface area contributed by atoms with E-state index in [0.29, 0.717) is 6.54 Å². The maximum absolute atomic E-state index is 12.5. The van der Waals surface area contributed by atoms with E-state index in [0.717, 1.165) is 48.0 Å². The van der Waals surface area contributed by atoms with Crippen molar-refractivity contribution < 1.29 is 4.79 Å². The number of amides is 1. The van der Waals surface area contributed by atoms with Gasteiger partial charge in [0.1, 0.15) is 0 Å². The predicted molar refractivity (Wildman–Crippen MR) is 117 cm³/mol. The lowest BCUT2D eigenvalue weighted by atomic mass is 9.96. The van der Waals surface area contributed by atoms with Crippen molar-refractivity contribution in [2.45, 2.75) is 26.2 Å². The maximum atomic E-state index is 12.5. The van der Waals surface area contributed by atoms with Crippen LogP contribution in [0.5, 0.6) is 0 Å². The summed E-state index contributed by atoms with van der Waals surface area (Å²) >= 11 is 7.65. The van der Waals surface area contributed by atoms with Gasteiger partial charge in [-0.3, -0.25) is 4.79 Å². The number of aromatic nitrogens is 1. The average Bonchev–Trinajstić information content (AvgIpc) is 3.12. The quantitative estimate of drug-likeness (QED) is 0.651. The van der Waals surface area contributed by atoms with Gasteiger partial charge in [0.2, 0.25) is 5.91 Å². The molecule has 4 nitrogen and oxygen atoms in total. The summed E-state index contributed by atoms with van der Waals surface area (Å²) in [6, 6.07) is 14.2. The summed E-state index contributed by atoms with van der Waals surface area (Å²) in [7, 11) is 0. The summed E-state index contributed by atoms with van der Waals surface area (Å²) in [5.74, 6) is 0.270. The number of benzene rings is 2. The van der Waals surface area contributed by atoms with Gasteiger partial charge in [0, 0.05) is 30.6 Å². The van der Waals surface area contributed by atoms with E-state index in [-0.39, 0.29) is 11.8 Å². The molecule has 3 aromatic rings. The number of fused-ring (bicyclic) bond motifs is 1. The number of nitrogens with one attached hydrogen (secondary N) is 1. The van der Waals surface area contributed by atoms with E-state index >= 15 is 0 Å². The lowest BCUT2D eigenvalue weighted by Gasteiger charge is -2.31. The molecule has 1 aliphatic heterocycles. The van der Waals surface area contributed by atoms with Crippen molar-refractivity contribution in [3.8, 4) is 0 Å². The molecule has 0 radical (unpaired) electrons. The van der Waals surface area contributed by atoms with Crippen LogP contribution in [0.4, 0.5) is 5.13 Å². The molecule has 28 heavy (non-hydrogen) atoms. The van der Waals surface area contributed by atoms with Gasteiger partial charge in [-0.25, -0.2) is 4.98 Å². The van der Waals surface area contributed by atoms with Crippen LogP contribution >= 0.6 is 22.9 Å². The van der Waals surface area contributed by atoms with Crippen LogP contribution in [0.2, 0.25) is 5.02 Å². The first kappa shape index (κ1) is 19.2. The molecule has 6 heteroatoms. The zero-order chi connectivity index (χ0) is 19.5. The van der Waals surface area contributed by atoms with E-state index in [1.807, 2.05) is 24.3 Å². The number of hydrogen-bond acceptors (Lipinski definition) is 4. The Morgan fingerprint density at radius 2 is 1.96 bits per heavy atom. The van der Waals surface area contributed by atoms with Gasteiger partial charge in [0.05, 0.1) is 10.2 Å². The van der Waals surface area contributed by atoms with Crippen molar-refractivity contribution in [2.75, 3.05) is 24.5 Å². The van der Waals surface area contributed by atoms with E-state index in [2.05, 4.69) is 35.3 Å². The van der Waals surface area contributed by atoms with Crippen molar-refractivity contribution in [3.05, 3.63) is 58.6 Å². The molecular weight excluding hydrogens is 390 g/mol. The Hall–Kier alpha value is -2.11. The number of aryl methyl sites for hydroxylation is 1. The molecule has 1 fully saturated rings. The lowest BCUT2D eigenvalue weighted by molar-refractivity contribution is -0.125. The van der Waals surface area contributed by atoms with Crippen molar-refractivity contribution in [1.29, 1.82) is 0 Å². The van der Waals surface area contributed by atoms with Crippen LogP contribution in [0, 0.1) is 12.8 Å². The largest absolute Gasteiger partial charge is 0.356 e. The van der Waals surface area contributed by atoms with Crippen molar-refractivity contribution in [1.82, 2.24) is 10.3 Å². The molecule has 4 rings (SSSR count). The third-order valence-corrected chi connectivity index (χ3v) is 6.63. The minimum absolute atomic E-state index is 0.0955. The molecule has 2 aromatic carbocycles. The monoisotopic (exact) mass is 413 g/mol. The normalized spacial score (nSPS) is 15.1. The number of rotatable bonds is 5. The second-order valence-electron chi connectivity index (χ2n) is 7.40. The Bertz CT molecular complexity index is 962. The van der Waals surface area contributed by atoms with Crippen LogP contribution in [0.3, 0.4) is 0 Å². The zero-order valence-electron chi connectivity index (χ0n) is 16.0. The van der Waals surface area contributed by atoms with E-state index in [1.165, 1.54) is 15.8 Å². The number of piperidine rings is 1. The van der Waals surface area contributed by atoms with Crippen LogP contribution < -0.4 is 10.2 Å². The van der Waals surface area contributed by atoms with Gasteiger partial charge >= 0.3 is 0 Å². The predicted octanol–water partition coefficient (Wildman–Crippen LogP) is 4.83. The first-order chi connectivity index (χ1) is 13.6. The Morgan fingerprint density at radius 1 is 1.21 bits per heavy atom. The summed E-state index contributed by atoms with van der Waals surface area (Å²) in [4.78, 5) is 19.6. The van der Waals surface area contributed by atoms with Gasteiger partial charge in [0.15, 0.2) is 5.13 Å². The molecule has 1 aromatic heterocycles. The van der Waals surface area contributed by atoms with Gasteiger partial charge in [-0.1, -0.05) is 41.1 Å². The molecular formula is C22H24ClN3OS. The Kier molecular flexibility index (Phi) is 5.83. The average molecular weight is 414 g/mol. The minimum Gasteiger partial charge on any atom is -0.356 e. The first-order valence-electron chi connectivity index (χ1n) is 9.73. The molecule has 146 valence electrons. The molecule has 1 N–H and O–H groups in total. The highest BCUT2D eigenvalue weighted by atomic mass is 35.5. The summed E-state index contributed by atoms with van der Waals surface area (Å²) < 4.78 is 1.23. The van der Waals surface area contributed by atoms with E-state index in [4.69, 9.17) is 16.6 Å². The van der Waals surface area contributed by atoms with Crippen LogP contribution in [-0.4, -0.2) is 30.5 Å². The number of nitrogens with zero attached hydrogens (tertiary/aromatic N) is 2. The molecule has 1 aliphatic rings. The summed E-state index contributed by atoms with van der Waals surface area (Å²) in [5.41, 5.74) is 3.51. The topological polar surface area (TPSA) is 45.2 Å². The van der Waals surface area contributed by atoms with Crippen LogP contribution in [0.1, 0.15) is 24.0 Å². The van der Waals surface area contributed by atoms with E-state index in [1.54, 1.807) is 11.3 Å². The zero-order valence-corrected chi connectivity index (χ0v) is 17.5. The second kappa shape index (κ2) is 8.50. The molecule has 0 atom stereocenters. The van der Waals surface area contributed by atoms with E-state index < -0.39 is 0 Å². The number of carbonyl (C=O) groups excluding carboxylic acids is 1. The molecule has 0 spiro atoms. The summed E-state index contributed by atoms with van der Waals surface area (Å²) in [6.45, 7) is 4.54. The fourth-order valence-electron chi connectivity index (χ4n) is 3.61. The first-order valence-corrected chi connectivity index (χ1v) is 10.9. The maximum Gasteiger partial charge on any atom is 0.223 e. The number of anilines is 1. The van der Waals surface area contributed by atoms with Crippen molar-refractivity contribution in [3.63, 3.8) is 0 Å². The third-order valence-electron chi connectivity index (χ3n) is 5.30.